The van der Waals surface area contributed by atoms with Crippen molar-refractivity contribution in [2.45, 2.75) is 31.8 Å². The van der Waals surface area contributed by atoms with E-state index in [4.69, 9.17) is 4.74 Å². The molecule has 0 saturated carbocycles. The average Bonchev–Trinajstić information content (AvgIpc) is 3.35. The van der Waals surface area contributed by atoms with Gasteiger partial charge in [0.05, 0.1) is 11.8 Å². The molecule has 0 unspecified atom stereocenters. The summed E-state index contributed by atoms with van der Waals surface area (Å²) < 4.78 is 7.56. The number of carbonyl (C=O) groups excluding carboxylic acids is 1. The quantitative estimate of drug-likeness (QED) is 0.933. The van der Waals surface area contributed by atoms with Gasteiger partial charge in [-0.3, -0.25) is 5.32 Å². The van der Waals surface area contributed by atoms with Crippen LogP contribution in [0.15, 0.2) is 42.6 Å². The fourth-order valence-corrected chi connectivity index (χ4v) is 3.75. The molecule has 2 aliphatic rings. The summed E-state index contributed by atoms with van der Waals surface area (Å²) in [6, 6.07) is 11.6. The van der Waals surface area contributed by atoms with Crippen molar-refractivity contribution in [3.05, 3.63) is 42.6 Å². The van der Waals surface area contributed by atoms with Gasteiger partial charge in [0.2, 0.25) is 0 Å². The number of nitrogens with one attached hydrogen (secondary N) is 1. The molecule has 2 aliphatic heterocycles. The summed E-state index contributed by atoms with van der Waals surface area (Å²) in [5.74, 6) is 1.18. The molecule has 0 aliphatic carbocycles. The highest BCUT2D eigenvalue weighted by Crippen LogP contribution is 2.29. The van der Waals surface area contributed by atoms with Gasteiger partial charge in [0, 0.05) is 32.0 Å². The highest BCUT2D eigenvalue weighted by atomic mass is 16.5. The van der Waals surface area contributed by atoms with Crippen molar-refractivity contribution in [3.63, 3.8) is 0 Å². The summed E-state index contributed by atoms with van der Waals surface area (Å²) in [5, 5.41) is 7.34. The number of nitrogens with zero attached hydrogens (tertiary/aromatic N) is 3. The van der Waals surface area contributed by atoms with Crippen LogP contribution < -0.4 is 5.32 Å². The summed E-state index contributed by atoms with van der Waals surface area (Å²) in [5.41, 5.74) is 0.973. The van der Waals surface area contributed by atoms with Crippen LogP contribution in [0, 0.1) is 5.92 Å². The number of anilines is 1. The average molecular weight is 340 g/mol. The summed E-state index contributed by atoms with van der Waals surface area (Å²) in [6.07, 6.45) is 6.66. The van der Waals surface area contributed by atoms with Crippen LogP contribution in [-0.4, -0.2) is 46.5 Å². The molecule has 132 valence electrons. The van der Waals surface area contributed by atoms with Gasteiger partial charge in [-0.2, -0.15) is 0 Å². The predicted molar refractivity (Wildman–Crippen MR) is 95.9 cm³/mol. The van der Waals surface area contributed by atoms with Crippen LogP contribution in [0.3, 0.4) is 0 Å². The molecular formula is C19H24N4O2. The number of aromatic nitrogens is 2. The van der Waals surface area contributed by atoms with E-state index in [0.717, 1.165) is 38.2 Å². The third-order valence-electron chi connectivity index (χ3n) is 5.16. The normalized spacial score (nSPS) is 21.4. The first-order chi connectivity index (χ1) is 12.3. The van der Waals surface area contributed by atoms with E-state index in [9.17, 15) is 4.79 Å². The van der Waals surface area contributed by atoms with Gasteiger partial charge in [-0.25, -0.2) is 9.48 Å². The molecule has 2 amide bonds. The fourth-order valence-electron chi connectivity index (χ4n) is 3.75. The molecular weight excluding hydrogens is 316 g/mol. The molecule has 0 bridgehead atoms. The first kappa shape index (κ1) is 16.1. The highest BCUT2D eigenvalue weighted by Gasteiger charge is 2.31. The van der Waals surface area contributed by atoms with Crippen LogP contribution in [0.2, 0.25) is 0 Å². The number of amides is 2. The van der Waals surface area contributed by atoms with Crippen LogP contribution in [0.4, 0.5) is 10.6 Å². The number of hydrogen-bond donors (Lipinski definition) is 1. The molecule has 1 N–H and O–H groups in total. The Morgan fingerprint density at radius 2 is 1.92 bits per heavy atom. The summed E-state index contributed by atoms with van der Waals surface area (Å²) in [4.78, 5) is 14.4. The molecule has 1 aromatic carbocycles. The van der Waals surface area contributed by atoms with Gasteiger partial charge < -0.3 is 9.64 Å². The molecule has 2 saturated heterocycles. The third-order valence-corrected chi connectivity index (χ3v) is 5.16. The van der Waals surface area contributed by atoms with Crippen LogP contribution in [-0.2, 0) is 4.74 Å². The van der Waals surface area contributed by atoms with E-state index in [1.807, 2.05) is 47.5 Å². The smallest absolute Gasteiger partial charge is 0.323 e. The molecule has 6 nitrogen and oxygen atoms in total. The standard InChI is InChI=1S/C19H24N4O2/c24-19(22-11-8-15(9-12-22)17-7-4-14-25-17)20-18-10-13-23(21-18)16-5-2-1-3-6-16/h1-3,5-6,10,13,15,17H,4,7-9,11-12,14H2,(H,20,21,24)/t17-/m1/s1. The van der Waals surface area contributed by atoms with Crippen molar-refractivity contribution in [1.82, 2.24) is 14.7 Å². The topological polar surface area (TPSA) is 59.4 Å². The van der Waals surface area contributed by atoms with Crippen LogP contribution in [0.25, 0.3) is 5.69 Å². The number of ether oxygens (including phenoxy) is 1. The van der Waals surface area contributed by atoms with Crippen molar-refractivity contribution in [2.24, 2.45) is 5.92 Å². The fraction of sp³-hybridized carbons (Fsp3) is 0.474. The largest absolute Gasteiger partial charge is 0.378 e. The second-order valence-electron chi connectivity index (χ2n) is 6.79. The molecule has 25 heavy (non-hydrogen) atoms. The minimum Gasteiger partial charge on any atom is -0.378 e. The molecule has 4 rings (SSSR count). The van der Waals surface area contributed by atoms with Gasteiger partial charge in [-0.15, -0.1) is 5.10 Å². The van der Waals surface area contributed by atoms with Crippen molar-refractivity contribution >= 4 is 11.8 Å². The lowest BCUT2D eigenvalue weighted by molar-refractivity contribution is 0.0382. The molecule has 0 radical (unpaired) electrons. The van der Waals surface area contributed by atoms with E-state index >= 15 is 0 Å². The monoisotopic (exact) mass is 340 g/mol. The zero-order valence-electron chi connectivity index (χ0n) is 14.3. The van der Waals surface area contributed by atoms with Gasteiger partial charge >= 0.3 is 6.03 Å². The van der Waals surface area contributed by atoms with Gasteiger partial charge in [0.15, 0.2) is 5.82 Å². The number of para-hydroxylation sites is 1. The van der Waals surface area contributed by atoms with Crippen LogP contribution in [0.5, 0.6) is 0 Å². The molecule has 2 fully saturated rings. The molecule has 0 spiro atoms. The first-order valence-corrected chi connectivity index (χ1v) is 9.08. The van der Waals surface area contributed by atoms with Gasteiger partial charge in [0.25, 0.3) is 0 Å². The second kappa shape index (κ2) is 7.27. The first-order valence-electron chi connectivity index (χ1n) is 9.08. The van der Waals surface area contributed by atoms with Crippen LogP contribution >= 0.6 is 0 Å². The van der Waals surface area contributed by atoms with E-state index < -0.39 is 0 Å². The Labute approximate surface area is 147 Å². The Morgan fingerprint density at radius 3 is 2.64 bits per heavy atom. The molecule has 2 aromatic rings. The lowest BCUT2D eigenvalue weighted by Gasteiger charge is -2.34. The number of carbonyl (C=O) groups is 1. The van der Waals surface area contributed by atoms with E-state index in [1.165, 1.54) is 12.8 Å². The zero-order chi connectivity index (χ0) is 17.1. The van der Waals surface area contributed by atoms with Gasteiger partial charge in [-0.05, 0) is 43.7 Å². The number of urea groups is 1. The van der Waals surface area contributed by atoms with Gasteiger partial charge in [-0.1, -0.05) is 18.2 Å². The molecule has 1 atom stereocenters. The summed E-state index contributed by atoms with van der Waals surface area (Å²) in [7, 11) is 0. The maximum absolute atomic E-state index is 12.5. The minimum atomic E-state index is -0.0656. The van der Waals surface area contributed by atoms with Crippen molar-refractivity contribution < 1.29 is 9.53 Å². The van der Waals surface area contributed by atoms with E-state index in [2.05, 4.69) is 10.4 Å². The molecule has 6 heteroatoms. The summed E-state index contributed by atoms with van der Waals surface area (Å²) in [6.45, 7) is 2.47. The number of piperidine rings is 1. The number of hydrogen-bond acceptors (Lipinski definition) is 3. The van der Waals surface area contributed by atoms with E-state index in [-0.39, 0.29) is 6.03 Å². The minimum absolute atomic E-state index is 0.0656. The SMILES string of the molecule is O=C(Nc1ccn(-c2ccccc2)n1)N1CCC([C@H]2CCCO2)CC1. The Morgan fingerprint density at radius 1 is 1.12 bits per heavy atom. The zero-order valence-corrected chi connectivity index (χ0v) is 14.3. The maximum Gasteiger partial charge on any atom is 0.323 e. The Hall–Kier alpha value is -2.34. The van der Waals surface area contributed by atoms with Crippen LogP contribution in [0.1, 0.15) is 25.7 Å². The third kappa shape index (κ3) is 3.69. The van der Waals surface area contributed by atoms with E-state index in [1.54, 1.807) is 4.68 Å². The highest BCUT2D eigenvalue weighted by molar-refractivity contribution is 5.88. The predicted octanol–water partition coefficient (Wildman–Crippen LogP) is 3.30. The summed E-state index contributed by atoms with van der Waals surface area (Å²) >= 11 is 0. The Bertz CT molecular complexity index is 701. The van der Waals surface area contributed by atoms with E-state index in [0.29, 0.717) is 17.8 Å². The maximum atomic E-state index is 12.5. The second-order valence-corrected chi connectivity index (χ2v) is 6.79. The number of likely N-dealkylation sites (tertiary alicyclic amines) is 1. The molecule has 1 aromatic heterocycles. The Kier molecular flexibility index (Phi) is 4.70. The number of rotatable bonds is 3. The Balaban J connectivity index is 1.31. The van der Waals surface area contributed by atoms with Gasteiger partial charge in [0.1, 0.15) is 0 Å². The van der Waals surface area contributed by atoms with Crippen molar-refractivity contribution in [2.75, 3.05) is 25.0 Å². The lowest BCUT2D eigenvalue weighted by Crippen LogP contribution is -2.43. The van der Waals surface area contributed by atoms with Crippen molar-refractivity contribution in [1.29, 1.82) is 0 Å². The molecule has 3 heterocycles. The lowest BCUT2D eigenvalue weighted by atomic mass is 9.90. The number of benzene rings is 1. The van der Waals surface area contributed by atoms with Crippen molar-refractivity contribution in [3.8, 4) is 5.69 Å².